The van der Waals surface area contributed by atoms with Crippen LogP contribution in [0.5, 0.6) is 0 Å². The fraction of sp³-hybridized carbons (Fsp3) is 0.381. The van der Waals surface area contributed by atoms with Gasteiger partial charge in [0.25, 0.3) is 5.56 Å². The van der Waals surface area contributed by atoms with Crippen LogP contribution in [0.4, 0.5) is 11.4 Å². The maximum absolute atomic E-state index is 13.0. The van der Waals surface area contributed by atoms with E-state index in [1.54, 1.807) is 7.05 Å². The summed E-state index contributed by atoms with van der Waals surface area (Å²) in [5.74, 6) is 0.0763. The Bertz CT molecular complexity index is 1140. The van der Waals surface area contributed by atoms with E-state index >= 15 is 0 Å². The molecule has 0 bridgehead atoms. The van der Waals surface area contributed by atoms with E-state index < -0.39 is 0 Å². The number of nitrogens with one attached hydrogen (secondary N) is 1. The van der Waals surface area contributed by atoms with Gasteiger partial charge in [-0.15, -0.1) is 0 Å². The van der Waals surface area contributed by atoms with Crippen LogP contribution in [-0.2, 0) is 24.7 Å². The molecule has 0 aliphatic carbocycles. The number of H-pyrrole nitrogens is 1. The van der Waals surface area contributed by atoms with Crippen LogP contribution in [0.2, 0.25) is 0 Å². The smallest absolute Gasteiger partial charge is 0.276 e. The molecule has 0 unspecified atom stereocenters. The van der Waals surface area contributed by atoms with Gasteiger partial charge in [-0.3, -0.25) is 19.4 Å². The lowest BCUT2D eigenvalue weighted by atomic mass is 9.97. The van der Waals surface area contributed by atoms with Gasteiger partial charge in [0.05, 0.1) is 5.39 Å². The van der Waals surface area contributed by atoms with Crippen LogP contribution >= 0.6 is 0 Å². The summed E-state index contributed by atoms with van der Waals surface area (Å²) in [5.41, 5.74) is 12.1. The number of amides is 1. The topological polar surface area (TPSA) is 97.0 Å². The molecule has 28 heavy (non-hydrogen) atoms. The third-order valence-corrected chi connectivity index (χ3v) is 5.75. The molecule has 4 rings (SSSR count). The molecule has 0 spiro atoms. The Labute approximate surface area is 163 Å². The van der Waals surface area contributed by atoms with Crippen LogP contribution in [0.15, 0.2) is 23.0 Å². The van der Waals surface area contributed by atoms with Crippen LogP contribution in [-0.4, -0.2) is 27.2 Å². The van der Waals surface area contributed by atoms with Crippen molar-refractivity contribution in [3.63, 3.8) is 0 Å². The van der Waals surface area contributed by atoms with Gasteiger partial charge in [-0.1, -0.05) is 6.07 Å². The number of nitrogen functional groups attached to an aromatic ring is 1. The first-order valence-corrected chi connectivity index (χ1v) is 9.61. The molecule has 0 fully saturated rings. The Morgan fingerprint density at radius 3 is 2.89 bits per heavy atom. The predicted molar refractivity (Wildman–Crippen MR) is 111 cm³/mol. The molecule has 0 atom stereocenters. The molecular formula is C21H25N5O2. The van der Waals surface area contributed by atoms with Crippen molar-refractivity contribution in [2.45, 2.75) is 39.5 Å². The average Bonchev–Trinajstić information content (AvgIpc) is 2.95. The normalized spacial score (nSPS) is 13.8. The summed E-state index contributed by atoms with van der Waals surface area (Å²) in [7, 11) is 1.68. The number of benzene rings is 1. The van der Waals surface area contributed by atoms with Crippen LogP contribution in [0.1, 0.15) is 35.2 Å². The second-order valence-electron chi connectivity index (χ2n) is 7.49. The molecule has 7 heteroatoms. The Hall–Kier alpha value is -3.09. The molecule has 0 saturated heterocycles. The molecule has 3 heterocycles. The van der Waals surface area contributed by atoms with E-state index in [-0.39, 0.29) is 11.5 Å². The van der Waals surface area contributed by atoms with Gasteiger partial charge in [0.1, 0.15) is 0 Å². The van der Waals surface area contributed by atoms with Crippen molar-refractivity contribution in [1.29, 1.82) is 0 Å². The number of nitrogens with two attached hydrogens (primary N) is 1. The number of fused-ring (bicyclic) bond motifs is 2. The highest BCUT2D eigenvalue weighted by Crippen LogP contribution is 2.32. The van der Waals surface area contributed by atoms with Crippen LogP contribution in [0.25, 0.3) is 11.0 Å². The fourth-order valence-corrected chi connectivity index (χ4v) is 4.26. The molecule has 1 amide bonds. The Morgan fingerprint density at radius 1 is 1.32 bits per heavy atom. The molecule has 0 saturated carbocycles. The number of rotatable bonds is 3. The monoisotopic (exact) mass is 379 g/mol. The second-order valence-corrected chi connectivity index (χ2v) is 7.49. The first kappa shape index (κ1) is 18.3. The van der Waals surface area contributed by atoms with E-state index in [0.717, 1.165) is 46.6 Å². The third-order valence-electron chi connectivity index (χ3n) is 5.75. The summed E-state index contributed by atoms with van der Waals surface area (Å²) in [5, 5.41) is 3.58. The number of aromatic nitrogens is 3. The summed E-state index contributed by atoms with van der Waals surface area (Å²) in [4.78, 5) is 31.8. The van der Waals surface area contributed by atoms with Crippen molar-refractivity contribution in [2.75, 3.05) is 17.2 Å². The average molecular weight is 379 g/mol. The van der Waals surface area contributed by atoms with E-state index in [1.807, 2.05) is 36.9 Å². The van der Waals surface area contributed by atoms with Gasteiger partial charge >= 0.3 is 0 Å². The first-order valence-electron chi connectivity index (χ1n) is 9.61. The Balaban J connectivity index is 1.61. The molecule has 3 N–H and O–H groups in total. The summed E-state index contributed by atoms with van der Waals surface area (Å²) >= 11 is 0. The molecule has 1 aromatic carbocycles. The van der Waals surface area contributed by atoms with Crippen molar-refractivity contribution in [3.8, 4) is 0 Å². The largest absolute Gasteiger partial charge is 0.398 e. The number of pyridine rings is 1. The van der Waals surface area contributed by atoms with Crippen molar-refractivity contribution >= 4 is 28.3 Å². The number of hydrogen-bond acceptors (Lipinski definition) is 4. The van der Waals surface area contributed by atoms with Gasteiger partial charge in [0.2, 0.25) is 5.91 Å². The number of carbonyl (C=O) groups is 1. The Kier molecular flexibility index (Phi) is 4.45. The summed E-state index contributed by atoms with van der Waals surface area (Å²) in [6.07, 6.45) is 2.75. The van der Waals surface area contributed by atoms with Crippen molar-refractivity contribution < 1.29 is 4.79 Å². The lowest BCUT2D eigenvalue weighted by molar-refractivity contribution is -0.118. The Morgan fingerprint density at radius 2 is 2.11 bits per heavy atom. The molecule has 1 aliphatic rings. The third kappa shape index (κ3) is 2.87. The molecule has 0 radical (unpaired) electrons. The lowest BCUT2D eigenvalue weighted by Crippen LogP contribution is -2.36. The molecule has 146 valence electrons. The van der Waals surface area contributed by atoms with Crippen LogP contribution < -0.4 is 16.2 Å². The second kappa shape index (κ2) is 6.82. The van der Waals surface area contributed by atoms with Gasteiger partial charge in [-0.2, -0.15) is 0 Å². The van der Waals surface area contributed by atoms with E-state index in [2.05, 4.69) is 10.1 Å². The maximum atomic E-state index is 13.0. The van der Waals surface area contributed by atoms with E-state index in [0.29, 0.717) is 30.4 Å². The minimum Gasteiger partial charge on any atom is -0.398 e. The van der Waals surface area contributed by atoms with Gasteiger partial charge < -0.3 is 10.6 Å². The number of hydrogen-bond donors (Lipinski definition) is 2. The lowest BCUT2D eigenvalue weighted by Gasteiger charge is -2.30. The first-order chi connectivity index (χ1) is 13.4. The number of carbonyl (C=O) groups excluding carboxylic acids is 1. The van der Waals surface area contributed by atoms with Crippen LogP contribution in [0, 0.1) is 13.8 Å². The number of aryl methyl sites for hydroxylation is 3. The molecule has 2 aromatic heterocycles. The minimum atomic E-state index is -0.0898. The molecule has 1 aliphatic heterocycles. The van der Waals surface area contributed by atoms with E-state index in [4.69, 9.17) is 5.73 Å². The van der Waals surface area contributed by atoms with Gasteiger partial charge in [-0.25, -0.2) is 4.98 Å². The molecule has 7 nitrogen and oxygen atoms in total. The van der Waals surface area contributed by atoms with E-state index in [1.165, 1.54) is 4.68 Å². The number of nitrogens with zero attached hydrogens (tertiary/aromatic N) is 3. The maximum Gasteiger partial charge on any atom is 0.276 e. The highest BCUT2D eigenvalue weighted by atomic mass is 16.2. The summed E-state index contributed by atoms with van der Waals surface area (Å²) < 4.78 is 1.44. The number of aromatic amines is 1. The standard InChI is InChI=1S/C21H25N5O2/c1-12-14(13(2)23-20-19(12)21(28)25(3)24-20)9-10-18(27)26-11-5-6-15-16(22)7-4-8-17(15)26/h4,7-8H,5-6,9-11,22H2,1-3H3,(H,23,24). The summed E-state index contributed by atoms with van der Waals surface area (Å²) in [6, 6.07) is 5.75. The van der Waals surface area contributed by atoms with Gasteiger partial charge in [-0.05, 0) is 61.9 Å². The zero-order valence-electron chi connectivity index (χ0n) is 16.5. The minimum absolute atomic E-state index is 0.0763. The van der Waals surface area contributed by atoms with Gasteiger partial charge in [0.15, 0.2) is 5.65 Å². The SMILES string of the molecule is Cc1nc2[nH]n(C)c(=O)c2c(C)c1CCC(=O)N1CCCc2c(N)cccc21. The quantitative estimate of drug-likeness (QED) is 0.683. The van der Waals surface area contributed by atoms with Crippen molar-refractivity contribution in [1.82, 2.24) is 14.8 Å². The number of anilines is 2. The molecular weight excluding hydrogens is 354 g/mol. The molecule has 3 aromatic rings. The summed E-state index contributed by atoms with van der Waals surface area (Å²) in [6.45, 7) is 4.57. The highest BCUT2D eigenvalue weighted by molar-refractivity contribution is 5.95. The van der Waals surface area contributed by atoms with E-state index in [9.17, 15) is 9.59 Å². The van der Waals surface area contributed by atoms with Crippen molar-refractivity contribution in [3.05, 3.63) is 50.9 Å². The zero-order chi connectivity index (χ0) is 20.0. The van der Waals surface area contributed by atoms with Gasteiger partial charge in [0, 0.05) is 37.1 Å². The predicted octanol–water partition coefficient (Wildman–Crippen LogP) is 2.37. The zero-order valence-corrected chi connectivity index (χ0v) is 16.5. The highest BCUT2D eigenvalue weighted by Gasteiger charge is 2.24. The fourth-order valence-electron chi connectivity index (χ4n) is 4.26. The van der Waals surface area contributed by atoms with Crippen LogP contribution in [0.3, 0.4) is 0 Å². The van der Waals surface area contributed by atoms with Crippen molar-refractivity contribution in [2.24, 2.45) is 7.05 Å².